The SMILES string of the molecule is Cc1cc(C)nc(Nc2nc3sc(C)c(C)c3c(=O)[nH]2)n1. The zero-order valence-electron chi connectivity index (χ0n) is 12.2. The van der Waals surface area contributed by atoms with Crippen molar-refractivity contribution in [2.75, 3.05) is 5.32 Å². The van der Waals surface area contributed by atoms with Gasteiger partial charge in [0.15, 0.2) is 0 Å². The fourth-order valence-corrected chi connectivity index (χ4v) is 3.23. The number of rotatable bonds is 2. The molecule has 0 spiro atoms. The number of hydrogen-bond acceptors (Lipinski definition) is 6. The molecule has 0 fully saturated rings. The van der Waals surface area contributed by atoms with Crippen LogP contribution in [0, 0.1) is 27.7 Å². The molecule has 0 aliphatic carbocycles. The molecule has 6 nitrogen and oxygen atoms in total. The summed E-state index contributed by atoms with van der Waals surface area (Å²) in [6, 6.07) is 1.89. The van der Waals surface area contributed by atoms with Crippen LogP contribution in [0.4, 0.5) is 11.9 Å². The Morgan fingerprint density at radius 2 is 1.76 bits per heavy atom. The Balaban J connectivity index is 2.07. The van der Waals surface area contributed by atoms with E-state index in [1.807, 2.05) is 33.8 Å². The van der Waals surface area contributed by atoms with Crippen molar-refractivity contribution in [3.63, 3.8) is 0 Å². The Kier molecular flexibility index (Phi) is 3.21. The van der Waals surface area contributed by atoms with Crippen LogP contribution in [-0.2, 0) is 0 Å². The highest BCUT2D eigenvalue weighted by molar-refractivity contribution is 7.18. The molecule has 21 heavy (non-hydrogen) atoms. The first-order valence-corrected chi connectivity index (χ1v) is 7.35. The van der Waals surface area contributed by atoms with E-state index in [1.54, 1.807) is 0 Å². The quantitative estimate of drug-likeness (QED) is 0.760. The van der Waals surface area contributed by atoms with Crippen molar-refractivity contribution in [1.29, 1.82) is 0 Å². The fraction of sp³-hybridized carbons (Fsp3) is 0.286. The van der Waals surface area contributed by atoms with Gasteiger partial charge < -0.3 is 0 Å². The minimum Gasteiger partial charge on any atom is -0.294 e. The Hall–Kier alpha value is -2.28. The molecule has 0 saturated heterocycles. The molecule has 3 aromatic heterocycles. The molecular formula is C14H15N5OS. The molecular weight excluding hydrogens is 286 g/mol. The van der Waals surface area contributed by atoms with Gasteiger partial charge in [0.25, 0.3) is 5.56 Å². The second kappa shape index (κ2) is 4.92. The number of anilines is 2. The lowest BCUT2D eigenvalue weighted by molar-refractivity contribution is 1.04. The number of H-pyrrole nitrogens is 1. The fourth-order valence-electron chi connectivity index (χ4n) is 2.20. The summed E-state index contributed by atoms with van der Waals surface area (Å²) in [5, 5.41) is 3.62. The van der Waals surface area contributed by atoms with Gasteiger partial charge in [0, 0.05) is 16.3 Å². The average Bonchev–Trinajstić information content (AvgIpc) is 2.63. The maximum Gasteiger partial charge on any atom is 0.261 e. The molecule has 0 unspecified atom stereocenters. The average molecular weight is 301 g/mol. The zero-order chi connectivity index (χ0) is 15.1. The number of aryl methyl sites for hydroxylation is 4. The van der Waals surface area contributed by atoms with E-state index in [1.165, 1.54) is 11.3 Å². The van der Waals surface area contributed by atoms with Gasteiger partial charge in [-0.2, -0.15) is 0 Å². The molecule has 0 amide bonds. The highest BCUT2D eigenvalue weighted by Gasteiger charge is 2.12. The van der Waals surface area contributed by atoms with E-state index in [-0.39, 0.29) is 5.56 Å². The van der Waals surface area contributed by atoms with Crippen LogP contribution in [0.15, 0.2) is 10.9 Å². The molecule has 108 valence electrons. The van der Waals surface area contributed by atoms with Gasteiger partial charge in [-0.3, -0.25) is 15.1 Å². The van der Waals surface area contributed by atoms with Crippen LogP contribution in [0.5, 0.6) is 0 Å². The van der Waals surface area contributed by atoms with Crippen molar-refractivity contribution >= 4 is 33.5 Å². The Morgan fingerprint density at radius 1 is 1.10 bits per heavy atom. The van der Waals surface area contributed by atoms with Gasteiger partial charge in [-0.05, 0) is 39.3 Å². The number of hydrogen-bond donors (Lipinski definition) is 2. The van der Waals surface area contributed by atoms with Crippen molar-refractivity contribution < 1.29 is 0 Å². The van der Waals surface area contributed by atoms with Gasteiger partial charge in [0.05, 0.1) is 5.39 Å². The van der Waals surface area contributed by atoms with Crippen molar-refractivity contribution in [1.82, 2.24) is 19.9 Å². The summed E-state index contributed by atoms with van der Waals surface area (Å²) in [6.07, 6.45) is 0. The smallest absolute Gasteiger partial charge is 0.261 e. The summed E-state index contributed by atoms with van der Waals surface area (Å²) >= 11 is 1.51. The van der Waals surface area contributed by atoms with E-state index in [4.69, 9.17) is 0 Å². The molecule has 0 aliphatic heterocycles. The maximum absolute atomic E-state index is 12.2. The van der Waals surface area contributed by atoms with E-state index in [0.29, 0.717) is 17.3 Å². The first-order valence-electron chi connectivity index (χ1n) is 6.53. The summed E-state index contributed by atoms with van der Waals surface area (Å²) in [5.74, 6) is 0.791. The third-order valence-electron chi connectivity index (χ3n) is 3.25. The molecule has 2 N–H and O–H groups in total. The lowest BCUT2D eigenvalue weighted by atomic mass is 10.2. The van der Waals surface area contributed by atoms with E-state index >= 15 is 0 Å². The molecule has 3 heterocycles. The second-order valence-corrected chi connectivity index (χ2v) is 6.18. The minimum absolute atomic E-state index is 0.145. The zero-order valence-corrected chi connectivity index (χ0v) is 13.1. The number of nitrogens with one attached hydrogen (secondary N) is 2. The van der Waals surface area contributed by atoms with Crippen molar-refractivity contribution in [3.05, 3.63) is 38.2 Å². The maximum atomic E-state index is 12.2. The van der Waals surface area contributed by atoms with E-state index < -0.39 is 0 Å². The van der Waals surface area contributed by atoms with Crippen LogP contribution in [0.1, 0.15) is 21.8 Å². The highest BCUT2D eigenvalue weighted by atomic mass is 32.1. The summed E-state index contributed by atoms with van der Waals surface area (Å²) in [4.78, 5) is 29.8. The van der Waals surface area contributed by atoms with Crippen LogP contribution >= 0.6 is 11.3 Å². The largest absolute Gasteiger partial charge is 0.294 e. The van der Waals surface area contributed by atoms with Gasteiger partial charge >= 0.3 is 0 Å². The number of nitrogens with zero attached hydrogens (tertiary/aromatic N) is 3. The number of fused-ring (bicyclic) bond motifs is 1. The Labute approximate surface area is 125 Å². The van der Waals surface area contributed by atoms with Crippen LogP contribution in [-0.4, -0.2) is 19.9 Å². The lowest BCUT2D eigenvalue weighted by Gasteiger charge is -2.05. The minimum atomic E-state index is -0.145. The molecule has 0 radical (unpaired) electrons. The molecule has 3 aromatic rings. The summed E-state index contributed by atoms with van der Waals surface area (Å²) in [5.41, 5.74) is 2.55. The number of aromatic nitrogens is 4. The predicted octanol–water partition coefficient (Wildman–Crippen LogP) is 2.75. The van der Waals surface area contributed by atoms with Crippen LogP contribution < -0.4 is 10.9 Å². The molecule has 0 atom stereocenters. The molecule has 0 saturated carbocycles. The van der Waals surface area contributed by atoms with Crippen LogP contribution in [0.2, 0.25) is 0 Å². The molecule has 0 bridgehead atoms. The lowest BCUT2D eigenvalue weighted by Crippen LogP contribution is -2.12. The molecule has 0 aliphatic rings. The monoisotopic (exact) mass is 301 g/mol. The van der Waals surface area contributed by atoms with Gasteiger partial charge in [0.2, 0.25) is 11.9 Å². The van der Waals surface area contributed by atoms with Gasteiger partial charge in [-0.15, -0.1) is 11.3 Å². The normalized spacial score (nSPS) is 11.0. The molecule has 0 aromatic carbocycles. The van der Waals surface area contributed by atoms with Gasteiger partial charge in [0.1, 0.15) is 4.83 Å². The van der Waals surface area contributed by atoms with Crippen LogP contribution in [0.3, 0.4) is 0 Å². The Bertz CT molecular complexity index is 876. The van der Waals surface area contributed by atoms with Crippen LogP contribution in [0.25, 0.3) is 10.2 Å². The number of aromatic amines is 1. The molecule has 3 rings (SSSR count). The van der Waals surface area contributed by atoms with Crippen molar-refractivity contribution in [2.24, 2.45) is 0 Å². The first kappa shape index (κ1) is 13.7. The third kappa shape index (κ3) is 2.52. The first-order chi connectivity index (χ1) is 9.94. The van der Waals surface area contributed by atoms with E-state index in [0.717, 1.165) is 26.7 Å². The third-order valence-corrected chi connectivity index (χ3v) is 4.35. The predicted molar refractivity (Wildman–Crippen MR) is 84.5 cm³/mol. The Morgan fingerprint density at radius 3 is 2.43 bits per heavy atom. The van der Waals surface area contributed by atoms with E-state index in [9.17, 15) is 4.79 Å². The number of thiophene rings is 1. The molecule has 7 heteroatoms. The highest BCUT2D eigenvalue weighted by Crippen LogP contribution is 2.26. The standard InChI is InChI=1S/C14H15N5OS/c1-6-5-7(2)16-13(15-6)19-14-17-11(20)10-8(3)9(4)21-12(10)18-14/h5H,1-4H3,(H2,15,16,17,18,19,20). The van der Waals surface area contributed by atoms with Crippen molar-refractivity contribution in [2.45, 2.75) is 27.7 Å². The topological polar surface area (TPSA) is 83.6 Å². The van der Waals surface area contributed by atoms with Gasteiger partial charge in [-0.25, -0.2) is 15.0 Å². The van der Waals surface area contributed by atoms with Crippen molar-refractivity contribution in [3.8, 4) is 0 Å². The summed E-state index contributed by atoms with van der Waals surface area (Å²) in [6.45, 7) is 7.71. The second-order valence-electron chi connectivity index (χ2n) is 4.98. The van der Waals surface area contributed by atoms with E-state index in [2.05, 4.69) is 25.3 Å². The van der Waals surface area contributed by atoms with Gasteiger partial charge in [-0.1, -0.05) is 0 Å². The summed E-state index contributed by atoms with van der Waals surface area (Å²) < 4.78 is 0. The summed E-state index contributed by atoms with van der Waals surface area (Å²) in [7, 11) is 0.